The van der Waals surface area contributed by atoms with E-state index in [0.717, 1.165) is 0 Å². The molecule has 1 aromatic heterocycles. The third kappa shape index (κ3) is 3.80. The van der Waals surface area contributed by atoms with Gasteiger partial charge >= 0.3 is 0 Å². The van der Waals surface area contributed by atoms with Gasteiger partial charge in [0.2, 0.25) is 0 Å². The molecule has 0 saturated carbocycles. The molecule has 1 aliphatic heterocycles. The summed E-state index contributed by atoms with van der Waals surface area (Å²) in [6, 6.07) is 5.68. The highest BCUT2D eigenvalue weighted by molar-refractivity contribution is 7.12. The largest absolute Gasteiger partial charge is 0.307 e. The van der Waals surface area contributed by atoms with E-state index in [1.807, 2.05) is 11.3 Å². The molecule has 1 aromatic rings. The van der Waals surface area contributed by atoms with Gasteiger partial charge in [-0.2, -0.15) is 0 Å². The average Bonchev–Trinajstić information content (AvgIpc) is 2.62. The standard InChI is InChI=1S/C14H24N2S/c1-11-6-7-14(17-11)12(2)15-13-5-4-9-16(3)10-8-13/h6-7,12-13,15H,4-5,8-10H2,1-3H3. The summed E-state index contributed by atoms with van der Waals surface area (Å²) in [5.74, 6) is 0. The molecule has 0 radical (unpaired) electrons. The second-order valence-electron chi connectivity index (χ2n) is 5.27. The van der Waals surface area contributed by atoms with Gasteiger partial charge in [0, 0.05) is 21.8 Å². The van der Waals surface area contributed by atoms with Crippen LogP contribution in [0.2, 0.25) is 0 Å². The van der Waals surface area contributed by atoms with E-state index in [2.05, 4.69) is 43.2 Å². The molecule has 2 unspecified atom stereocenters. The Morgan fingerprint density at radius 1 is 1.35 bits per heavy atom. The van der Waals surface area contributed by atoms with Gasteiger partial charge < -0.3 is 10.2 Å². The Morgan fingerprint density at radius 3 is 2.88 bits per heavy atom. The number of nitrogens with one attached hydrogen (secondary N) is 1. The Hall–Kier alpha value is -0.380. The number of hydrogen-bond acceptors (Lipinski definition) is 3. The molecule has 0 spiro atoms. The van der Waals surface area contributed by atoms with Gasteiger partial charge in [-0.15, -0.1) is 11.3 Å². The first kappa shape index (κ1) is 13.1. The zero-order valence-corrected chi connectivity index (χ0v) is 12.0. The zero-order valence-electron chi connectivity index (χ0n) is 11.2. The first-order valence-electron chi connectivity index (χ1n) is 6.66. The first-order valence-corrected chi connectivity index (χ1v) is 7.47. The van der Waals surface area contributed by atoms with Crippen LogP contribution >= 0.6 is 11.3 Å². The lowest BCUT2D eigenvalue weighted by Gasteiger charge is -2.21. The van der Waals surface area contributed by atoms with E-state index in [4.69, 9.17) is 0 Å². The zero-order chi connectivity index (χ0) is 12.3. The van der Waals surface area contributed by atoms with Crippen molar-refractivity contribution < 1.29 is 0 Å². The smallest absolute Gasteiger partial charge is 0.0388 e. The van der Waals surface area contributed by atoms with Crippen LogP contribution < -0.4 is 5.32 Å². The summed E-state index contributed by atoms with van der Waals surface area (Å²) in [6.07, 6.45) is 3.93. The molecule has 0 aliphatic carbocycles. The van der Waals surface area contributed by atoms with Gasteiger partial charge in [-0.05, 0) is 65.4 Å². The van der Waals surface area contributed by atoms with E-state index in [9.17, 15) is 0 Å². The molecule has 96 valence electrons. The SMILES string of the molecule is Cc1ccc(C(C)NC2CCCN(C)CC2)s1. The van der Waals surface area contributed by atoms with Gasteiger partial charge in [0.25, 0.3) is 0 Å². The Labute approximate surface area is 109 Å². The molecular weight excluding hydrogens is 228 g/mol. The predicted molar refractivity (Wildman–Crippen MR) is 75.7 cm³/mol. The van der Waals surface area contributed by atoms with Crippen molar-refractivity contribution in [1.29, 1.82) is 0 Å². The summed E-state index contributed by atoms with van der Waals surface area (Å²) >= 11 is 1.92. The minimum Gasteiger partial charge on any atom is -0.307 e. The van der Waals surface area contributed by atoms with Crippen LogP contribution in [0.25, 0.3) is 0 Å². The van der Waals surface area contributed by atoms with Gasteiger partial charge in [-0.1, -0.05) is 0 Å². The van der Waals surface area contributed by atoms with Crippen LogP contribution in [-0.4, -0.2) is 31.1 Å². The second kappa shape index (κ2) is 5.98. The maximum atomic E-state index is 3.79. The average molecular weight is 252 g/mol. The number of aryl methyl sites for hydroxylation is 1. The Kier molecular flexibility index (Phi) is 4.60. The van der Waals surface area contributed by atoms with E-state index in [1.54, 1.807) is 0 Å². The maximum absolute atomic E-state index is 3.79. The van der Waals surface area contributed by atoms with Crippen LogP contribution in [0.1, 0.15) is 42.0 Å². The molecule has 2 atom stereocenters. The van der Waals surface area contributed by atoms with E-state index >= 15 is 0 Å². The van der Waals surface area contributed by atoms with Crippen molar-refractivity contribution in [3.63, 3.8) is 0 Å². The van der Waals surface area contributed by atoms with Gasteiger partial charge in [-0.25, -0.2) is 0 Å². The van der Waals surface area contributed by atoms with Crippen molar-refractivity contribution in [2.24, 2.45) is 0 Å². The summed E-state index contributed by atoms with van der Waals surface area (Å²) in [6.45, 7) is 6.96. The van der Waals surface area contributed by atoms with Gasteiger partial charge in [0.15, 0.2) is 0 Å². The lowest BCUT2D eigenvalue weighted by atomic mass is 10.1. The molecule has 2 rings (SSSR count). The van der Waals surface area contributed by atoms with E-state index < -0.39 is 0 Å². The number of nitrogens with zero attached hydrogens (tertiary/aromatic N) is 1. The van der Waals surface area contributed by atoms with Crippen molar-refractivity contribution >= 4 is 11.3 Å². The lowest BCUT2D eigenvalue weighted by Crippen LogP contribution is -2.32. The Balaban J connectivity index is 1.87. The highest BCUT2D eigenvalue weighted by Crippen LogP contribution is 2.24. The Bertz CT molecular complexity index is 348. The fourth-order valence-electron chi connectivity index (χ4n) is 2.53. The molecule has 1 N–H and O–H groups in total. The van der Waals surface area contributed by atoms with Crippen molar-refractivity contribution in [3.05, 3.63) is 21.9 Å². The van der Waals surface area contributed by atoms with Crippen LogP contribution in [0.4, 0.5) is 0 Å². The summed E-state index contributed by atoms with van der Waals surface area (Å²) in [4.78, 5) is 5.33. The van der Waals surface area contributed by atoms with E-state index in [0.29, 0.717) is 12.1 Å². The predicted octanol–water partition coefficient (Wildman–Crippen LogP) is 3.19. The lowest BCUT2D eigenvalue weighted by molar-refractivity contribution is 0.340. The molecule has 0 aromatic carbocycles. The van der Waals surface area contributed by atoms with Crippen molar-refractivity contribution in [1.82, 2.24) is 10.2 Å². The molecule has 1 saturated heterocycles. The third-order valence-corrected chi connectivity index (χ3v) is 4.81. The van der Waals surface area contributed by atoms with Crippen LogP contribution in [0.5, 0.6) is 0 Å². The quantitative estimate of drug-likeness (QED) is 0.889. The maximum Gasteiger partial charge on any atom is 0.0388 e. The number of thiophene rings is 1. The van der Waals surface area contributed by atoms with Crippen LogP contribution in [0.3, 0.4) is 0 Å². The summed E-state index contributed by atoms with van der Waals surface area (Å²) in [7, 11) is 2.23. The molecule has 17 heavy (non-hydrogen) atoms. The normalized spacial score (nSPS) is 24.5. The van der Waals surface area contributed by atoms with E-state index in [-0.39, 0.29) is 0 Å². The highest BCUT2D eigenvalue weighted by Gasteiger charge is 2.17. The molecule has 3 heteroatoms. The highest BCUT2D eigenvalue weighted by atomic mass is 32.1. The second-order valence-corrected chi connectivity index (χ2v) is 6.59. The van der Waals surface area contributed by atoms with Crippen molar-refractivity contribution in [2.45, 2.75) is 45.2 Å². The molecular formula is C14H24N2S. The monoisotopic (exact) mass is 252 g/mol. The fraction of sp³-hybridized carbons (Fsp3) is 0.714. The molecule has 1 aliphatic rings. The Morgan fingerprint density at radius 2 is 2.18 bits per heavy atom. The molecule has 2 nitrogen and oxygen atoms in total. The number of likely N-dealkylation sites (tertiary alicyclic amines) is 1. The summed E-state index contributed by atoms with van der Waals surface area (Å²) in [5, 5.41) is 3.79. The van der Waals surface area contributed by atoms with Crippen LogP contribution in [0, 0.1) is 6.92 Å². The molecule has 0 amide bonds. The topological polar surface area (TPSA) is 15.3 Å². The van der Waals surface area contributed by atoms with Gasteiger partial charge in [-0.3, -0.25) is 0 Å². The summed E-state index contributed by atoms with van der Waals surface area (Å²) < 4.78 is 0. The third-order valence-electron chi connectivity index (χ3n) is 3.63. The van der Waals surface area contributed by atoms with Crippen molar-refractivity contribution in [3.8, 4) is 0 Å². The first-order chi connectivity index (χ1) is 8.15. The minimum absolute atomic E-state index is 0.502. The van der Waals surface area contributed by atoms with Gasteiger partial charge in [0.1, 0.15) is 0 Å². The van der Waals surface area contributed by atoms with Crippen LogP contribution in [-0.2, 0) is 0 Å². The van der Waals surface area contributed by atoms with Crippen LogP contribution in [0.15, 0.2) is 12.1 Å². The molecule has 1 fully saturated rings. The van der Waals surface area contributed by atoms with Crippen molar-refractivity contribution in [2.75, 3.05) is 20.1 Å². The minimum atomic E-state index is 0.502. The van der Waals surface area contributed by atoms with E-state index in [1.165, 1.54) is 42.1 Å². The molecule has 2 heterocycles. The molecule has 0 bridgehead atoms. The summed E-state index contributed by atoms with van der Waals surface area (Å²) in [5.41, 5.74) is 0. The number of rotatable bonds is 3. The number of hydrogen-bond donors (Lipinski definition) is 1. The van der Waals surface area contributed by atoms with Gasteiger partial charge in [0.05, 0.1) is 0 Å². The fourth-order valence-corrected chi connectivity index (χ4v) is 3.42.